The summed E-state index contributed by atoms with van der Waals surface area (Å²) in [5, 5.41) is 4.54. The summed E-state index contributed by atoms with van der Waals surface area (Å²) < 4.78 is 21.9. The van der Waals surface area contributed by atoms with Gasteiger partial charge in [0.1, 0.15) is 11.5 Å². The summed E-state index contributed by atoms with van der Waals surface area (Å²) in [6.07, 6.45) is 1.57. The van der Waals surface area contributed by atoms with Crippen molar-refractivity contribution in [3.63, 3.8) is 0 Å². The maximum Gasteiger partial charge on any atom is 0.343 e. The molecule has 188 valence electrons. The van der Waals surface area contributed by atoms with E-state index < -0.39 is 18.0 Å². The number of hydrazone groups is 1. The summed E-state index contributed by atoms with van der Waals surface area (Å²) in [4.78, 5) is 24.8. The number of halogens is 1. The Morgan fingerprint density at radius 3 is 2.36 bits per heavy atom. The van der Waals surface area contributed by atoms with Crippen molar-refractivity contribution in [2.45, 2.75) is 26.4 Å². The molecule has 0 bridgehead atoms. The van der Waals surface area contributed by atoms with Crippen LogP contribution in [-0.2, 0) is 4.79 Å². The first-order chi connectivity index (χ1) is 17.4. The van der Waals surface area contributed by atoms with Crippen LogP contribution in [0.3, 0.4) is 0 Å². The molecule has 1 N–H and O–H groups in total. The number of amides is 1. The molecule has 0 heterocycles. The number of hydrogen-bond acceptors (Lipinski definition) is 7. The molecule has 0 aliphatic rings. The van der Waals surface area contributed by atoms with E-state index in [1.165, 1.54) is 13.3 Å². The van der Waals surface area contributed by atoms with E-state index in [0.29, 0.717) is 40.0 Å². The molecule has 1 amide bonds. The summed E-state index contributed by atoms with van der Waals surface area (Å²) in [6.45, 7) is 4.24. The maximum absolute atomic E-state index is 12.5. The molecular weight excluding hydrogens is 484 g/mol. The lowest BCUT2D eigenvalue weighted by Crippen LogP contribution is -2.33. The second-order valence-electron chi connectivity index (χ2n) is 7.62. The number of benzene rings is 3. The molecule has 9 heteroatoms. The van der Waals surface area contributed by atoms with Gasteiger partial charge in [-0.05, 0) is 85.6 Å². The van der Waals surface area contributed by atoms with Gasteiger partial charge in [0.05, 0.1) is 25.5 Å². The van der Waals surface area contributed by atoms with Crippen LogP contribution in [-0.4, -0.2) is 37.9 Å². The van der Waals surface area contributed by atoms with Crippen LogP contribution in [0.15, 0.2) is 71.8 Å². The fourth-order valence-corrected chi connectivity index (χ4v) is 3.07. The molecule has 1 atom stereocenters. The van der Waals surface area contributed by atoms with Crippen LogP contribution in [0.25, 0.3) is 0 Å². The van der Waals surface area contributed by atoms with Crippen LogP contribution in [0.1, 0.15) is 36.2 Å². The molecule has 8 nitrogen and oxygen atoms in total. The third-order valence-electron chi connectivity index (χ3n) is 4.84. The second-order valence-corrected chi connectivity index (χ2v) is 8.06. The van der Waals surface area contributed by atoms with Crippen LogP contribution in [0.5, 0.6) is 23.0 Å². The van der Waals surface area contributed by atoms with Gasteiger partial charge in [0.15, 0.2) is 17.6 Å². The quantitative estimate of drug-likeness (QED) is 0.163. The fraction of sp³-hybridized carbons (Fsp3) is 0.222. The maximum atomic E-state index is 12.5. The van der Waals surface area contributed by atoms with Crippen molar-refractivity contribution < 1.29 is 28.5 Å². The van der Waals surface area contributed by atoms with Gasteiger partial charge in [-0.1, -0.05) is 18.5 Å². The zero-order valence-corrected chi connectivity index (χ0v) is 21.0. The van der Waals surface area contributed by atoms with Gasteiger partial charge in [0.2, 0.25) is 0 Å². The Labute approximate surface area is 214 Å². The average Bonchev–Trinajstić information content (AvgIpc) is 2.89. The molecule has 0 aromatic heterocycles. The lowest BCUT2D eigenvalue weighted by atomic mass is 10.2. The first-order valence-corrected chi connectivity index (χ1v) is 11.7. The van der Waals surface area contributed by atoms with Crippen molar-refractivity contribution in [3.05, 3.63) is 82.9 Å². The van der Waals surface area contributed by atoms with Gasteiger partial charge in [-0.3, -0.25) is 4.79 Å². The normalized spacial score (nSPS) is 11.6. The van der Waals surface area contributed by atoms with E-state index in [1.807, 2.05) is 6.92 Å². The Bertz CT molecular complexity index is 1200. The molecule has 1 unspecified atom stereocenters. The largest absolute Gasteiger partial charge is 0.494 e. The van der Waals surface area contributed by atoms with E-state index in [4.69, 9.17) is 30.5 Å². The van der Waals surface area contributed by atoms with Crippen LogP contribution in [0.2, 0.25) is 5.02 Å². The van der Waals surface area contributed by atoms with Crippen LogP contribution < -0.4 is 24.4 Å². The van der Waals surface area contributed by atoms with Crippen molar-refractivity contribution in [3.8, 4) is 23.0 Å². The molecule has 3 aromatic rings. The van der Waals surface area contributed by atoms with Crippen molar-refractivity contribution in [2.24, 2.45) is 5.10 Å². The van der Waals surface area contributed by atoms with Crippen LogP contribution in [0.4, 0.5) is 0 Å². The van der Waals surface area contributed by atoms with E-state index in [-0.39, 0.29) is 5.75 Å². The standard InChI is InChI=1S/C27H27ClN2O6/c1-4-15-34-22-10-6-20(7-11-22)27(32)36-24-14-5-19(16-25(24)33-3)17-29-30-26(31)18(2)35-23-12-8-21(28)9-13-23/h5-14,16-18H,4,15H2,1-3H3,(H,30,31)/b29-17+. The Morgan fingerprint density at radius 1 is 1.00 bits per heavy atom. The zero-order chi connectivity index (χ0) is 25.9. The highest BCUT2D eigenvalue weighted by molar-refractivity contribution is 6.30. The highest BCUT2D eigenvalue weighted by Crippen LogP contribution is 2.28. The Morgan fingerprint density at radius 2 is 1.69 bits per heavy atom. The minimum Gasteiger partial charge on any atom is -0.494 e. The predicted octanol–water partition coefficient (Wildman–Crippen LogP) is 5.27. The number of esters is 1. The van der Waals surface area contributed by atoms with Crippen molar-refractivity contribution in [1.29, 1.82) is 0 Å². The van der Waals surface area contributed by atoms with E-state index >= 15 is 0 Å². The number of methoxy groups -OCH3 is 1. The molecule has 0 spiro atoms. The summed E-state index contributed by atoms with van der Waals surface area (Å²) in [5.74, 6) is 0.832. The third kappa shape index (κ3) is 7.74. The van der Waals surface area contributed by atoms with Gasteiger partial charge in [0, 0.05) is 5.02 Å². The van der Waals surface area contributed by atoms with Gasteiger partial charge < -0.3 is 18.9 Å². The first-order valence-electron chi connectivity index (χ1n) is 11.3. The predicted molar refractivity (Wildman–Crippen MR) is 137 cm³/mol. The molecule has 0 saturated heterocycles. The van der Waals surface area contributed by atoms with E-state index in [9.17, 15) is 9.59 Å². The number of rotatable bonds is 11. The first kappa shape index (κ1) is 26.6. The number of nitrogens with zero attached hydrogens (tertiary/aromatic N) is 1. The summed E-state index contributed by atoms with van der Waals surface area (Å²) in [5.41, 5.74) is 3.43. The Hall–Kier alpha value is -4.04. The average molecular weight is 511 g/mol. The molecule has 3 rings (SSSR count). The number of carbonyl (C=O) groups is 2. The molecule has 36 heavy (non-hydrogen) atoms. The second kappa shape index (κ2) is 13.2. The van der Waals surface area contributed by atoms with Crippen molar-refractivity contribution in [1.82, 2.24) is 5.43 Å². The van der Waals surface area contributed by atoms with E-state index in [2.05, 4.69) is 10.5 Å². The smallest absolute Gasteiger partial charge is 0.343 e. The number of ether oxygens (including phenoxy) is 4. The lowest BCUT2D eigenvalue weighted by Gasteiger charge is -2.13. The molecule has 0 aliphatic heterocycles. The minimum absolute atomic E-state index is 0.250. The minimum atomic E-state index is -0.771. The Balaban J connectivity index is 1.57. The van der Waals surface area contributed by atoms with E-state index in [0.717, 1.165) is 6.42 Å². The molecular formula is C27H27ClN2O6. The van der Waals surface area contributed by atoms with Crippen LogP contribution >= 0.6 is 11.6 Å². The van der Waals surface area contributed by atoms with E-state index in [1.54, 1.807) is 73.7 Å². The van der Waals surface area contributed by atoms with Crippen molar-refractivity contribution >= 4 is 29.7 Å². The number of nitrogens with one attached hydrogen (secondary N) is 1. The summed E-state index contributed by atoms with van der Waals surface area (Å²) in [6, 6.07) is 18.3. The third-order valence-corrected chi connectivity index (χ3v) is 5.09. The highest BCUT2D eigenvalue weighted by atomic mass is 35.5. The van der Waals surface area contributed by atoms with Gasteiger partial charge >= 0.3 is 5.97 Å². The molecule has 0 aliphatic carbocycles. The zero-order valence-electron chi connectivity index (χ0n) is 20.2. The van der Waals surface area contributed by atoms with Gasteiger partial charge in [-0.2, -0.15) is 5.10 Å². The topological polar surface area (TPSA) is 95.5 Å². The molecule has 0 fully saturated rings. The summed E-state index contributed by atoms with van der Waals surface area (Å²) >= 11 is 5.85. The lowest BCUT2D eigenvalue weighted by molar-refractivity contribution is -0.127. The van der Waals surface area contributed by atoms with Gasteiger partial charge in [-0.15, -0.1) is 0 Å². The molecule has 0 saturated carbocycles. The fourth-order valence-electron chi connectivity index (χ4n) is 2.95. The number of carbonyl (C=O) groups excluding carboxylic acids is 2. The van der Waals surface area contributed by atoms with Crippen molar-refractivity contribution in [2.75, 3.05) is 13.7 Å². The molecule has 0 radical (unpaired) electrons. The monoisotopic (exact) mass is 510 g/mol. The SMILES string of the molecule is CCCOc1ccc(C(=O)Oc2ccc(/C=N/NC(=O)C(C)Oc3ccc(Cl)cc3)cc2OC)cc1. The highest BCUT2D eigenvalue weighted by Gasteiger charge is 2.15. The van der Waals surface area contributed by atoms with Gasteiger partial charge in [0.25, 0.3) is 5.91 Å². The van der Waals surface area contributed by atoms with Crippen LogP contribution in [0, 0.1) is 0 Å². The number of hydrogen-bond donors (Lipinski definition) is 1. The Kier molecular flexibility index (Phi) is 9.71. The summed E-state index contributed by atoms with van der Waals surface area (Å²) in [7, 11) is 1.46. The molecule has 3 aromatic carbocycles. The van der Waals surface area contributed by atoms with Gasteiger partial charge in [-0.25, -0.2) is 10.2 Å².